The molecule has 5 heteroatoms. The Bertz CT molecular complexity index is 442. The topological polar surface area (TPSA) is 60.5 Å². The monoisotopic (exact) mass is 278 g/mol. The summed E-state index contributed by atoms with van der Waals surface area (Å²) in [6.45, 7) is 6.02. The molecule has 0 radical (unpaired) electrons. The summed E-state index contributed by atoms with van der Waals surface area (Å²) >= 11 is 0. The van der Waals surface area contributed by atoms with Crippen molar-refractivity contribution in [3.63, 3.8) is 0 Å². The van der Waals surface area contributed by atoms with Crippen LogP contribution in [-0.2, 0) is 9.47 Å². The van der Waals surface area contributed by atoms with Gasteiger partial charge in [-0.25, -0.2) is 9.78 Å². The molecule has 0 aliphatic carbocycles. The second-order valence-electron chi connectivity index (χ2n) is 5.36. The van der Waals surface area contributed by atoms with E-state index in [0.29, 0.717) is 24.0 Å². The van der Waals surface area contributed by atoms with Crippen LogP contribution in [0.4, 0.5) is 5.82 Å². The van der Waals surface area contributed by atoms with Gasteiger partial charge in [-0.1, -0.05) is 6.07 Å². The van der Waals surface area contributed by atoms with Crippen LogP contribution in [0, 0.1) is 5.92 Å². The van der Waals surface area contributed by atoms with Crippen LogP contribution in [0.3, 0.4) is 0 Å². The number of carbonyl (C=O) groups is 1. The Kier molecular flexibility index (Phi) is 5.35. The Balaban J connectivity index is 1.88. The van der Waals surface area contributed by atoms with E-state index in [1.54, 1.807) is 6.07 Å². The van der Waals surface area contributed by atoms with Gasteiger partial charge in [-0.3, -0.25) is 0 Å². The SMILES string of the molecule is CC(C)Nc1cccc(C(=O)OCC2CCOCC2)n1. The van der Waals surface area contributed by atoms with Gasteiger partial charge in [-0.15, -0.1) is 0 Å². The van der Waals surface area contributed by atoms with Crippen molar-refractivity contribution in [3.8, 4) is 0 Å². The van der Waals surface area contributed by atoms with Gasteiger partial charge in [0.2, 0.25) is 0 Å². The Morgan fingerprint density at radius 1 is 1.45 bits per heavy atom. The van der Waals surface area contributed by atoms with Crippen molar-refractivity contribution < 1.29 is 14.3 Å². The highest BCUT2D eigenvalue weighted by Crippen LogP contribution is 2.15. The summed E-state index contributed by atoms with van der Waals surface area (Å²) in [5.41, 5.74) is 0.350. The van der Waals surface area contributed by atoms with Crippen LogP contribution in [0.2, 0.25) is 0 Å². The van der Waals surface area contributed by atoms with E-state index in [1.807, 2.05) is 26.0 Å². The van der Waals surface area contributed by atoms with Gasteiger partial charge >= 0.3 is 5.97 Å². The van der Waals surface area contributed by atoms with E-state index in [9.17, 15) is 4.79 Å². The number of nitrogens with zero attached hydrogens (tertiary/aromatic N) is 1. The Morgan fingerprint density at radius 2 is 2.20 bits per heavy atom. The summed E-state index contributed by atoms with van der Waals surface area (Å²) in [7, 11) is 0. The summed E-state index contributed by atoms with van der Waals surface area (Å²) in [4.78, 5) is 16.2. The van der Waals surface area contributed by atoms with E-state index in [-0.39, 0.29) is 12.0 Å². The average Bonchev–Trinajstić information content (AvgIpc) is 2.45. The van der Waals surface area contributed by atoms with Crippen molar-refractivity contribution >= 4 is 11.8 Å². The summed E-state index contributed by atoms with van der Waals surface area (Å²) < 4.78 is 10.6. The zero-order chi connectivity index (χ0) is 14.4. The van der Waals surface area contributed by atoms with Gasteiger partial charge in [0.05, 0.1) is 6.61 Å². The molecular formula is C15H22N2O3. The highest BCUT2D eigenvalue weighted by Gasteiger charge is 2.17. The van der Waals surface area contributed by atoms with Crippen LogP contribution in [0.15, 0.2) is 18.2 Å². The van der Waals surface area contributed by atoms with E-state index in [1.165, 1.54) is 0 Å². The molecule has 0 atom stereocenters. The minimum Gasteiger partial charge on any atom is -0.461 e. The molecule has 0 unspecified atom stereocenters. The molecule has 1 aliphatic rings. The zero-order valence-corrected chi connectivity index (χ0v) is 12.1. The normalized spacial score (nSPS) is 16.1. The first-order valence-corrected chi connectivity index (χ1v) is 7.13. The number of rotatable bonds is 5. The van der Waals surface area contributed by atoms with Crippen LogP contribution in [0.1, 0.15) is 37.2 Å². The number of aromatic nitrogens is 1. The first kappa shape index (κ1) is 14.8. The number of hydrogen-bond donors (Lipinski definition) is 1. The summed E-state index contributed by atoms with van der Waals surface area (Å²) in [5.74, 6) is 0.745. The van der Waals surface area contributed by atoms with Crippen LogP contribution < -0.4 is 5.32 Å². The fourth-order valence-electron chi connectivity index (χ4n) is 2.11. The van der Waals surface area contributed by atoms with Gasteiger partial charge in [-0.05, 0) is 44.7 Å². The van der Waals surface area contributed by atoms with Gasteiger partial charge in [-0.2, -0.15) is 0 Å². The second-order valence-corrected chi connectivity index (χ2v) is 5.36. The number of anilines is 1. The van der Waals surface area contributed by atoms with Crippen LogP contribution in [0.25, 0.3) is 0 Å². The van der Waals surface area contributed by atoms with Gasteiger partial charge in [0.15, 0.2) is 5.69 Å². The lowest BCUT2D eigenvalue weighted by atomic mass is 10.0. The Morgan fingerprint density at radius 3 is 2.90 bits per heavy atom. The van der Waals surface area contributed by atoms with Gasteiger partial charge in [0.25, 0.3) is 0 Å². The van der Waals surface area contributed by atoms with E-state index in [0.717, 1.165) is 26.1 Å². The molecule has 0 amide bonds. The van der Waals surface area contributed by atoms with Crippen molar-refractivity contribution in [1.29, 1.82) is 0 Å². The smallest absolute Gasteiger partial charge is 0.357 e. The summed E-state index contributed by atoms with van der Waals surface area (Å²) in [5, 5.41) is 3.17. The van der Waals surface area contributed by atoms with Crippen molar-refractivity contribution in [3.05, 3.63) is 23.9 Å². The average molecular weight is 278 g/mol. The van der Waals surface area contributed by atoms with Crippen molar-refractivity contribution in [1.82, 2.24) is 4.98 Å². The molecule has 1 saturated heterocycles. The molecule has 1 aromatic rings. The largest absolute Gasteiger partial charge is 0.461 e. The third-order valence-corrected chi connectivity index (χ3v) is 3.19. The minimum atomic E-state index is -0.358. The van der Waals surface area contributed by atoms with E-state index in [4.69, 9.17) is 9.47 Å². The molecule has 0 aromatic carbocycles. The Labute approximate surface area is 119 Å². The highest BCUT2D eigenvalue weighted by molar-refractivity contribution is 5.87. The first-order chi connectivity index (χ1) is 9.65. The maximum absolute atomic E-state index is 12.0. The highest BCUT2D eigenvalue weighted by atomic mass is 16.5. The van der Waals surface area contributed by atoms with Crippen molar-refractivity contribution in [2.24, 2.45) is 5.92 Å². The van der Waals surface area contributed by atoms with Gasteiger partial charge in [0.1, 0.15) is 5.82 Å². The van der Waals surface area contributed by atoms with E-state index < -0.39 is 0 Å². The number of ether oxygens (including phenoxy) is 2. The van der Waals surface area contributed by atoms with Gasteiger partial charge in [0, 0.05) is 19.3 Å². The zero-order valence-electron chi connectivity index (χ0n) is 12.1. The molecule has 2 rings (SSSR count). The predicted molar refractivity (Wildman–Crippen MR) is 76.8 cm³/mol. The number of hydrogen-bond acceptors (Lipinski definition) is 5. The van der Waals surface area contributed by atoms with Crippen LogP contribution in [-0.4, -0.2) is 36.8 Å². The molecule has 0 saturated carbocycles. The molecule has 2 heterocycles. The number of carbonyl (C=O) groups excluding carboxylic acids is 1. The van der Waals surface area contributed by atoms with Crippen LogP contribution >= 0.6 is 0 Å². The second kappa shape index (κ2) is 7.24. The quantitative estimate of drug-likeness (QED) is 0.838. The standard InChI is InChI=1S/C15H22N2O3/c1-11(2)16-14-5-3-4-13(17-14)15(18)20-10-12-6-8-19-9-7-12/h3-5,11-12H,6-10H2,1-2H3,(H,16,17). The summed E-state index contributed by atoms with van der Waals surface area (Å²) in [6.07, 6.45) is 1.91. The summed E-state index contributed by atoms with van der Waals surface area (Å²) in [6, 6.07) is 5.60. The molecule has 1 aromatic heterocycles. The molecule has 5 nitrogen and oxygen atoms in total. The predicted octanol–water partition coefficient (Wildman–Crippen LogP) is 2.49. The molecule has 0 bridgehead atoms. The number of esters is 1. The lowest BCUT2D eigenvalue weighted by Gasteiger charge is -2.21. The molecular weight excluding hydrogens is 256 g/mol. The van der Waals surface area contributed by atoms with Gasteiger partial charge < -0.3 is 14.8 Å². The molecule has 110 valence electrons. The number of nitrogens with one attached hydrogen (secondary N) is 1. The minimum absolute atomic E-state index is 0.274. The van der Waals surface area contributed by atoms with E-state index in [2.05, 4.69) is 10.3 Å². The maximum atomic E-state index is 12.0. The lowest BCUT2D eigenvalue weighted by Crippen LogP contribution is -2.22. The molecule has 0 spiro atoms. The van der Waals surface area contributed by atoms with Crippen molar-refractivity contribution in [2.45, 2.75) is 32.7 Å². The third-order valence-electron chi connectivity index (χ3n) is 3.19. The lowest BCUT2D eigenvalue weighted by molar-refractivity contribution is 0.0181. The Hall–Kier alpha value is -1.62. The van der Waals surface area contributed by atoms with Crippen molar-refractivity contribution in [2.75, 3.05) is 25.1 Å². The molecule has 1 aliphatic heterocycles. The third kappa shape index (κ3) is 4.49. The van der Waals surface area contributed by atoms with E-state index >= 15 is 0 Å². The number of pyridine rings is 1. The molecule has 20 heavy (non-hydrogen) atoms. The maximum Gasteiger partial charge on any atom is 0.357 e. The fourth-order valence-corrected chi connectivity index (χ4v) is 2.11. The van der Waals surface area contributed by atoms with Crippen LogP contribution in [0.5, 0.6) is 0 Å². The first-order valence-electron chi connectivity index (χ1n) is 7.13. The molecule has 1 N–H and O–H groups in total. The molecule has 1 fully saturated rings. The fraction of sp³-hybridized carbons (Fsp3) is 0.600.